The average Bonchev–Trinajstić information content (AvgIpc) is 1.54. The van der Waals surface area contributed by atoms with Crippen LogP contribution in [0.5, 0.6) is 17.2 Å². The van der Waals surface area contributed by atoms with Crippen molar-refractivity contribution in [1.29, 1.82) is 0 Å². The number of nitrogens with zero attached hydrogens (tertiary/aromatic N) is 14. The van der Waals surface area contributed by atoms with E-state index in [0.717, 1.165) is 35.6 Å². The highest BCUT2D eigenvalue weighted by atomic mass is 19.2. The van der Waals surface area contributed by atoms with Gasteiger partial charge in [-0.2, -0.15) is 15.3 Å². The summed E-state index contributed by atoms with van der Waals surface area (Å²) in [5, 5.41) is 33.8. The topological polar surface area (TPSA) is 285 Å². The van der Waals surface area contributed by atoms with Crippen LogP contribution in [0, 0.1) is 19.7 Å². The summed E-state index contributed by atoms with van der Waals surface area (Å²) in [5.74, 6) is 5.28. The van der Waals surface area contributed by atoms with E-state index < -0.39 is 28.7 Å². The normalized spacial score (nSPS) is 15.5. The largest absolute Gasteiger partial charge is 0.496 e. The van der Waals surface area contributed by atoms with Crippen LogP contribution in [0.25, 0.3) is 48.3 Å². The summed E-state index contributed by atoms with van der Waals surface area (Å²) < 4.78 is 68.8. The Balaban J connectivity index is 0.000000156. The molecule has 0 bridgehead atoms. The molecule has 0 aliphatic carbocycles. The Morgan fingerprint density at radius 2 is 0.832 bits per heavy atom. The van der Waals surface area contributed by atoms with Crippen LogP contribution in [0.4, 0.5) is 70.3 Å². The van der Waals surface area contributed by atoms with Crippen molar-refractivity contribution in [3.63, 3.8) is 0 Å². The van der Waals surface area contributed by atoms with Crippen LogP contribution in [-0.2, 0) is 21.7 Å². The number of ether oxygens (including phenoxy) is 4. The number of halogens is 3. The second-order valence-electron chi connectivity index (χ2n) is 23.7. The summed E-state index contributed by atoms with van der Waals surface area (Å²) in [6, 6.07) is 21.5. The molecule has 1 amide bonds. The number of H-pyrrole nitrogens is 3. The van der Waals surface area contributed by atoms with E-state index in [9.17, 15) is 4.79 Å². The second-order valence-corrected chi connectivity index (χ2v) is 23.7. The van der Waals surface area contributed by atoms with E-state index in [0.29, 0.717) is 119 Å². The van der Waals surface area contributed by atoms with E-state index in [1.165, 1.54) is 44.3 Å². The molecule has 0 unspecified atom stereocenters. The van der Waals surface area contributed by atoms with Crippen LogP contribution in [0.2, 0.25) is 0 Å². The molecule has 9 aromatic rings. The van der Waals surface area contributed by atoms with Gasteiger partial charge in [0.05, 0.1) is 57.0 Å². The molecule has 3 saturated heterocycles. The minimum absolute atomic E-state index is 0.167. The van der Waals surface area contributed by atoms with Crippen molar-refractivity contribution < 1.29 is 36.9 Å². The second kappa shape index (κ2) is 29.2. The summed E-state index contributed by atoms with van der Waals surface area (Å²) in [4.78, 5) is 50.0. The zero-order valence-electron chi connectivity index (χ0n) is 53.3. The predicted octanol–water partition coefficient (Wildman–Crippen LogP) is 13.1. The number of alkyl halides is 3. The molecule has 3 aliphatic rings. The molecule has 7 N–H and O–H groups in total. The summed E-state index contributed by atoms with van der Waals surface area (Å²) in [6.45, 7) is 29.5. The maximum atomic E-state index is 15.9. The molecule has 0 radical (unpaired) electrons. The first-order valence-corrected chi connectivity index (χ1v) is 30.3. The number of methoxy groups -OCH3 is 3. The third kappa shape index (κ3) is 16.3. The summed E-state index contributed by atoms with van der Waals surface area (Å²) in [6.07, 6.45) is 10.3. The molecule has 490 valence electrons. The highest BCUT2D eigenvalue weighted by Gasteiger charge is 2.40. The van der Waals surface area contributed by atoms with E-state index in [1.807, 2.05) is 58.2 Å². The zero-order chi connectivity index (χ0) is 67.3. The van der Waals surface area contributed by atoms with Crippen LogP contribution in [-0.4, -0.2) is 150 Å². The number of carbonyl (C=O) groups is 1. The van der Waals surface area contributed by atoms with Crippen molar-refractivity contribution in [2.24, 2.45) is 0 Å². The highest BCUT2D eigenvalue weighted by Crippen LogP contribution is 2.44. The number of benzene rings is 3. The van der Waals surface area contributed by atoms with Crippen molar-refractivity contribution in [3.8, 4) is 51.0 Å². The Kier molecular flexibility index (Phi) is 20.5. The maximum absolute atomic E-state index is 15.9. The average molecular weight is 1290 g/mol. The number of aromatic nitrogens is 12. The van der Waals surface area contributed by atoms with Gasteiger partial charge in [0.2, 0.25) is 0 Å². The number of anilines is 6. The van der Waals surface area contributed by atoms with Gasteiger partial charge < -0.3 is 64.5 Å². The highest BCUT2D eigenvalue weighted by molar-refractivity contribution is 5.74. The fourth-order valence-electron chi connectivity index (χ4n) is 10.9. The van der Waals surface area contributed by atoms with Gasteiger partial charge in [-0.1, -0.05) is 37.9 Å². The molecule has 6 aromatic heterocycles. The van der Waals surface area contributed by atoms with Gasteiger partial charge in [0.25, 0.3) is 17.5 Å². The van der Waals surface area contributed by atoms with Crippen LogP contribution < -0.4 is 35.5 Å². The van der Waals surface area contributed by atoms with Gasteiger partial charge in [0.15, 0.2) is 53.5 Å². The monoisotopic (exact) mass is 1290 g/mol. The van der Waals surface area contributed by atoms with Crippen molar-refractivity contribution in [1.82, 2.24) is 75.6 Å². The molecule has 29 heteroatoms. The number of rotatable bonds is 15. The first-order chi connectivity index (χ1) is 45.7. The van der Waals surface area contributed by atoms with Crippen LogP contribution >= 0.6 is 0 Å². The number of hydrogen-bond acceptors (Lipinski definition) is 19. The molecule has 0 saturated carbocycles. The van der Waals surface area contributed by atoms with Gasteiger partial charge in [-0.05, 0) is 120 Å². The van der Waals surface area contributed by atoms with E-state index >= 15 is 13.2 Å². The molecule has 0 atom stereocenters. The molecule has 3 fully saturated rings. The number of carbonyl (C=O) groups excluding carboxylic acids is 1. The van der Waals surface area contributed by atoms with Gasteiger partial charge in [0.1, 0.15) is 39.9 Å². The summed E-state index contributed by atoms with van der Waals surface area (Å²) in [7, 11) is 6.69. The Bertz CT molecular complexity index is 4230. The van der Waals surface area contributed by atoms with Gasteiger partial charge in [-0.15, -0.1) is 15.0 Å². The Morgan fingerprint density at radius 1 is 0.495 bits per heavy atom. The van der Waals surface area contributed by atoms with Crippen LogP contribution in [0.15, 0.2) is 110 Å². The number of likely N-dealkylation sites (tertiary alicyclic amines) is 2. The predicted molar refractivity (Wildman–Crippen MR) is 351 cm³/mol. The number of piperidine rings is 3. The number of aromatic amines is 3. The van der Waals surface area contributed by atoms with Crippen molar-refractivity contribution >= 4 is 58.5 Å². The number of amides is 1. The fourth-order valence-corrected chi connectivity index (χ4v) is 10.9. The summed E-state index contributed by atoms with van der Waals surface area (Å²) in [5.41, 5.74) is 1.31. The van der Waals surface area contributed by atoms with Crippen LogP contribution in [0.1, 0.15) is 76.0 Å². The van der Waals surface area contributed by atoms with E-state index in [4.69, 9.17) is 38.7 Å². The van der Waals surface area contributed by atoms with Crippen LogP contribution in [0.3, 0.4) is 0 Å². The van der Waals surface area contributed by atoms with Crippen molar-refractivity contribution in [2.45, 2.75) is 81.9 Å². The summed E-state index contributed by atoms with van der Waals surface area (Å²) >= 11 is 0. The molecule has 95 heavy (non-hydrogen) atoms. The Morgan fingerprint density at radius 3 is 1.14 bits per heavy atom. The van der Waals surface area contributed by atoms with E-state index in [2.05, 4.69) is 101 Å². The van der Waals surface area contributed by atoms with Gasteiger partial charge in [-0.25, -0.2) is 32.9 Å². The zero-order valence-corrected chi connectivity index (χ0v) is 53.3. The van der Waals surface area contributed by atoms with Crippen molar-refractivity contribution in [2.75, 3.05) is 83.6 Å². The molecule has 26 nitrogen and oxygen atoms in total. The quantitative estimate of drug-likeness (QED) is 0.0470. The van der Waals surface area contributed by atoms with E-state index in [1.54, 1.807) is 61.6 Å². The van der Waals surface area contributed by atoms with Crippen molar-refractivity contribution in [3.05, 3.63) is 161 Å². The first kappa shape index (κ1) is 66.7. The number of nitrogens with one attached hydrogen (secondary N) is 7. The Hall–Kier alpha value is -11.2. The minimum Gasteiger partial charge on any atom is -0.496 e. The Labute approximate surface area is 546 Å². The van der Waals surface area contributed by atoms with Gasteiger partial charge in [0, 0.05) is 73.9 Å². The lowest BCUT2D eigenvalue weighted by molar-refractivity contribution is 0.00214. The van der Waals surface area contributed by atoms with Gasteiger partial charge >= 0.3 is 6.09 Å². The third-order valence-electron chi connectivity index (χ3n) is 16.2. The molecule has 12 rings (SSSR count). The van der Waals surface area contributed by atoms with Gasteiger partial charge in [-0.3, -0.25) is 15.3 Å². The molecular weight excluding hydrogens is 1220 g/mol. The lowest BCUT2D eigenvalue weighted by Crippen LogP contribution is -2.45. The third-order valence-corrected chi connectivity index (χ3v) is 16.2. The number of hydrogen-bond donors (Lipinski definition) is 7. The van der Waals surface area contributed by atoms with E-state index in [-0.39, 0.29) is 43.4 Å². The lowest BCUT2D eigenvalue weighted by Gasteiger charge is -2.37. The smallest absolute Gasteiger partial charge is 0.410 e. The standard InChI is InChI=1S/C25H28FN7O3.C21H22FN7O.C20H20FN7O/c1-24(2,3)36-23(34)33-10-8-25(26,9-11-33)16-6-7-17(19(12-16)35-5)18-13-20(32-31-18)30-22-15-28-21(27-4)14-29-22;1-23-19-12-25-20(13-24-19)26-18-11-16(27-28-18)15-5-4-14(10-17(15)30-3)21(22)6-8-29(2)9-7-21;1-22-18-11-25-19(12-24-18)26-17-10-15(27-28-17)14-4-3-13(9-16(14)29-2)20(21)5-7-23-8-6-20/h6-7,12-15H,8-11H2,1-3,5H3,(H2,29,30,31,32);4-5,10-13H,6-9H2,2-3H3,(H2,25,26,27,28);3-4,9-12,23H,5-8H2,2H3,(H2,25,26,27,28). The SMILES string of the molecule is [C-]#[N+]c1cnc(Nc2cc(-c3ccc(C4(F)CCN(C(=O)OC(C)(C)C)CC4)cc3OC)[nH]n2)cn1.[C-]#[N+]c1cnc(Nc2cc(-c3ccc(C4(F)CCN(C)CC4)cc3OC)[nH]n2)cn1.[C-]#[N+]c1cnc(Nc2cc(-c3ccc(C4(F)CCNCC4)cc3OC)[nH]n2)cn1. The molecular formula is C66H70F3N21O5. The minimum atomic E-state index is -1.58. The molecule has 0 spiro atoms. The molecule has 9 heterocycles. The molecule has 3 aliphatic heterocycles. The maximum Gasteiger partial charge on any atom is 0.410 e. The lowest BCUT2D eigenvalue weighted by atomic mass is 9.85. The fraction of sp³-hybridized carbons (Fsp3) is 0.348. The first-order valence-electron chi connectivity index (χ1n) is 30.3. The molecule has 3 aromatic carbocycles.